The third-order valence-electron chi connectivity index (χ3n) is 12.2. The number of nitrogens with zero attached hydrogens (tertiary/aromatic N) is 3. The summed E-state index contributed by atoms with van der Waals surface area (Å²) in [5.41, 5.74) is 15.9. The van der Waals surface area contributed by atoms with Crippen molar-refractivity contribution in [3.63, 3.8) is 0 Å². The summed E-state index contributed by atoms with van der Waals surface area (Å²) in [6, 6.07) is 63.4. The molecule has 0 bridgehead atoms. The van der Waals surface area contributed by atoms with Gasteiger partial charge in [0.25, 0.3) is 0 Å². The Balaban J connectivity index is 1.30. The average molecular weight is 700 g/mol. The van der Waals surface area contributed by atoms with Crippen LogP contribution in [0.2, 0.25) is 0 Å². The molecule has 0 N–H and O–H groups in total. The lowest BCUT2D eigenvalue weighted by atomic mass is 9.70. The van der Waals surface area contributed by atoms with Crippen LogP contribution in [0, 0.1) is 0 Å². The lowest BCUT2D eigenvalue weighted by molar-refractivity contribution is 0.666. The molecule has 3 aromatic heterocycles. The van der Waals surface area contributed by atoms with E-state index in [-0.39, 0.29) is 0 Å². The molecule has 8 aromatic carbocycles. The summed E-state index contributed by atoms with van der Waals surface area (Å²) >= 11 is 0. The van der Waals surface area contributed by atoms with Crippen molar-refractivity contribution in [2.45, 2.75) is 5.41 Å². The minimum atomic E-state index is -0.581. The number of furan rings is 1. The summed E-state index contributed by atoms with van der Waals surface area (Å²) in [7, 11) is 0. The molecule has 3 heterocycles. The first kappa shape index (κ1) is 29.2. The first-order valence-corrected chi connectivity index (χ1v) is 18.8. The predicted octanol–water partition coefficient (Wildman–Crippen LogP) is 12.6. The van der Waals surface area contributed by atoms with Crippen LogP contribution in [-0.4, -0.2) is 14.5 Å². The van der Waals surface area contributed by atoms with Crippen molar-refractivity contribution >= 4 is 54.6 Å². The highest BCUT2D eigenvalue weighted by molar-refractivity contribution is 6.27. The fourth-order valence-corrected chi connectivity index (χ4v) is 10.2. The minimum absolute atomic E-state index is 0.581. The zero-order valence-corrected chi connectivity index (χ0v) is 29.5. The second kappa shape index (κ2) is 10.4. The molecule has 0 radical (unpaired) electrons. The number of hydrogen-bond acceptors (Lipinski definition) is 3. The summed E-state index contributed by atoms with van der Waals surface area (Å²) in [6.07, 6.45) is 0. The van der Waals surface area contributed by atoms with E-state index in [4.69, 9.17) is 14.4 Å². The zero-order chi connectivity index (χ0) is 35.8. The molecule has 4 nitrogen and oxygen atoms in total. The van der Waals surface area contributed by atoms with Crippen LogP contribution in [0.4, 0.5) is 0 Å². The van der Waals surface area contributed by atoms with Gasteiger partial charge in [0.15, 0.2) is 5.58 Å². The number of rotatable bonds is 2. The van der Waals surface area contributed by atoms with Gasteiger partial charge in [0, 0.05) is 27.3 Å². The van der Waals surface area contributed by atoms with Crippen molar-refractivity contribution in [2.24, 2.45) is 0 Å². The Kier molecular flexibility index (Phi) is 5.54. The average Bonchev–Trinajstić information content (AvgIpc) is 3.98. The molecule has 0 amide bonds. The second-order valence-corrected chi connectivity index (χ2v) is 14.8. The molecular weight excluding hydrogens is 671 g/mol. The SMILES string of the molecule is c1ccc(-c2nc(-n3c4ccccc4c4c5ccccc5c5c(c43)C3(c4ccccc4-c4ccccc43)c3ccccc3-5)nc3c2oc2ccccc23)cc1. The summed E-state index contributed by atoms with van der Waals surface area (Å²) in [5, 5.41) is 5.82. The van der Waals surface area contributed by atoms with E-state index in [2.05, 4.69) is 162 Å². The molecule has 11 aromatic rings. The van der Waals surface area contributed by atoms with E-state index >= 15 is 0 Å². The van der Waals surface area contributed by atoms with Crippen molar-refractivity contribution in [2.75, 3.05) is 0 Å². The smallest absolute Gasteiger partial charge is 0.236 e. The number of para-hydroxylation sites is 2. The molecule has 2 aliphatic rings. The lowest BCUT2D eigenvalue weighted by Crippen LogP contribution is -2.26. The van der Waals surface area contributed by atoms with E-state index in [9.17, 15) is 0 Å². The van der Waals surface area contributed by atoms with Crippen LogP contribution in [0.15, 0.2) is 180 Å². The Morgan fingerprint density at radius 2 is 1.04 bits per heavy atom. The largest absolute Gasteiger partial charge is 0.452 e. The molecule has 4 heteroatoms. The lowest BCUT2D eigenvalue weighted by Gasteiger charge is -2.31. The maximum Gasteiger partial charge on any atom is 0.236 e. The van der Waals surface area contributed by atoms with E-state index in [0.717, 1.165) is 38.8 Å². The van der Waals surface area contributed by atoms with Crippen molar-refractivity contribution in [3.8, 4) is 39.5 Å². The molecule has 2 aliphatic carbocycles. The standard InChI is InChI=1S/C51H29N3O/c1-2-16-30(17-3-1)46-49-47(37-24-10-15-29-42(37)55-49)53-50(52-46)54-41-28-14-9-23-36(41)44-34-21-5-4-20-33(34)43-35-22-8-13-27-40(35)51(45(43)48(44)54)38-25-11-6-18-31(38)32-19-7-12-26-39(32)51/h1-29H. The molecule has 0 saturated heterocycles. The zero-order valence-electron chi connectivity index (χ0n) is 29.5. The Labute approximate surface area is 315 Å². The summed E-state index contributed by atoms with van der Waals surface area (Å²) in [6.45, 7) is 0. The molecule has 13 rings (SSSR count). The van der Waals surface area contributed by atoms with E-state index in [1.165, 1.54) is 66.1 Å². The fraction of sp³-hybridized carbons (Fsp3) is 0.0196. The van der Waals surface area contributed by atoms with Gasteiger partial charge in [-0.05, 0) is 67.9 Å². The maximum atomic E-state index is 6.58. The number of benzene rings is 8. The third kappa shape index (κ3) is 3.52. The predicted molar refractivity (Wildman–Crippen MR) is 223 cm³/mol. The highest BCUT2D eigenvalue weighted by Crippen LogP contribution is 2.66. The molecule has 254 valence electrons. The Morgan fingerprint density at radius 1 is 0.473 bits per heavy atom. The van der Waals surface area contributed by atoms with E-state index in [1.807, 2.05) is 18.2 Å². The van der Waals surface area contributed by atoms with Crippen molar-refractivity contribution in [1.82, 2.24) is 14.5 Å². The van der Waals surface area contributed by atoms with Crippen LogP contribution in [0.3, 0.4) is 0 Å². The molecule has 0 atom stereocenters. The number of aromatic nitrogens is 3. The van der Waals surface area contributed by atoms with Crippen LogP contribution in [0.25, 0.3) is 94.1 Å². The van der Waals surface area contributed by atoms with E-state index in [1.54, 1.807) is 0 Å². The summed E-state index contributed by atoms with van der Waals surface area (Å²) in [4.78, 5) is 11.0. The topological polar surface area (TPSA) is 43.9 Å². The van der Waals surface area contributed by atoms with Gasteiger partial charge in [-0.25, -0.2) is 9.97 Å². The van der Waals surface area contributed by atoms with Gasteiger partial charge < -0.3 is 4.42 Å². The number of fused-ring (bicyclic) bond motifs is 20. The number of hydrogen-bond donors (Lipinski definition) is 0. The van der Waals surface area contributed by atoms with Gasteiger partial charge in [-0.15, -0.1) is 0 Å². The first-order chi connectivity index (χ1) is 27.3. The van der Waals surface area contributed by atoms with Crippen molar-refractivity contribution in [1.29, 1.82) is 0 Å². The molecule has 0 saturated carbocycles. The quantitative estimate of drug-likeness (QED) is 0.180. The molecule has 1 spiro atoms. The minimum Gasteiger partial charge on any atom is -0.452 e. The van der Waals surface area contributed by atoms with E-state index < -0.39 is 5.41 Å². The van der Waals surface area contributed by atoms with Gasteiger partial charge in [0.2, 0.25) is 5.95 Å². The Morgan fingerprint density at radius 3 is 1.78 bits per heavy atom. The van der Waals surface area contributed by atoms with Crippen LogP contribution < -0.4 is 0 Å². The van der Waals surface area contributed by atoms with Gasteiger partial charge in [-0.3, -0.25) is 4.57 Å². The monoisotopic (exact) mass is 699 g/mol. The van der Waals surface area contributed by atoms with Gasteiger partial charge in [0.05, 0.1) is 16.4 Å². The molecular formula is C51H29N3O. The normalized spacial score (nSPS) is 13.6. The summed E-state index contributed by atoms with van der Waals surface area (Å²) < 4.78 is 8.94. The first-order valence-electron chi connectivity index (χ1n) is 18.8. The highest BCUT2D eigenvalue weighted by Gasteiger charge is 2.53. The summed E-state index contributed by atoms with van der Waals surface area (Å²) in [5.74, 6) is 0.618. The van der Waals surface area contributed by atoms with Crippen molar-refractivity contribution in [3.05, 3.63) is 198 Å². The van der Waals surface area contributed by atoms with Crippen LogP contribution >= 0.6 is 0 Å². The molecule has 55 heavy (non-hydrogen) atoms. The van der Waals surface area contributed by atoms with Gasteiger partial charge in [-0.2, -0.15) is 0 Å². The third-order valence-corrected chi connectivity index (χ3v) is 12.2. The van der Waals surface area contributed by atoms with Gasteiger partial charge >= 0.3 is 0 Å². The fourth-order valence-electron chi connectivity index (χ4n) is 10.2. The van der Waals surface area contributed by atoms with Gasteiger partial charge in [-0.1, -0.05) is 158 Å². The highest BCUT2D eigenvalue weighted by atomic mass is 16.3. The molecule has 0 fully saturated rings. The van der Waals surface area contributed by atoms with Crippen molar-refractivity contribution < 1.29 is 4.42 Å². The van der Waals surface area contributed by atoms with Gasteiger partial charge in [0.1, 0.15) is 16.8 Å². The second-order valence-electron chi connectivity index (χ2n) is 14.8. The van der Waals surface area contributed by atoms with Crippen LogP contribution in [0.5, 0.6) is 0 Å². The maximum absolute atomic E-state index is 6.58. The Hall–Kier alpha value is -7.30. The molecule has 0 unspecified atom stereocenters. The van der Waals surface area contributed by atoms with Crippen LogP contribution in [0.1, 0.15) is 22.3 Å². The molecule has 0 aliphatic heterocycles. The van der Waals surface area contributed by atoms with E-state index in [0.29, 0.717) is 11.5 Å². The Bertz CT molecular complexity index is 3400. The van der Waals surface area contributed by atoms with Crippen LogP contribution in [-0.2, 0) is 5.41 Å².